The zero-order valence-electron chi connectivity index (χ0n) is 9.99. The van der Waals surface area contributed by atoms with Crippen LogP contribution in [0.1, 0.15) is 26.3 Å². The van der Waals surface area contributed by atoms with Crippen LogP contribution in [0.4, 0.5) is 10.1 Å². The van der Waals surface area contributed by atoms with E-state index in [1.165, 1.54) is 12.1 Å². The maximum absolute atomic E-state index is 13.5. The van der Waals surface area contributed by atoms with Gasteiger partial charge in [0, 0.05) is 17.9 Å². The predicted molar refractivity (Wildman–Crippen MR) is 61.2 cm³/mol. The van der Waals surface area contributed by atoms with Gasteiger partial charge in [0.05, 0.1) is 11.0 Å². The number of nitrogens with zero attached hydrogens (tertiary/aromatic N) is 1. The van der Waals surface area contributed by atoms with Crippen molar-refractivity contribution in [1.29, 1.82) is 0 Å². The Labute approximate surface area is 98.6 Å². The van der Waals surface area contributed by atoms with Gasteiger partial charge in [-0.2, -0.15) is 0 Å². The van der Waals surface area contributed by atoms with Crippen LogP contribution in [-0.2, 0) is 11.2 Å². The van der Waals surface area contributed by atoms with Crippen LogP contribution in [0, 0.1) is 21.3 Å². The van der Waals surface area contributed by atoms with E-state index in [1.54, 1.807) is 20.8 Å². The lowest BCUT2D eigenvalue weighted by molar-refractivity contribution is -0.385. The highest BCUT2D eigenvalue weighted by Crippen LogP contribution is 2.21. The van der Waals surface area contributed by atoms with Gasteiger partial charge in [-0.25, -0.2) is 4.39 Å². The van der Waals surface area contributed by atoms with Crippen molar-refractivity contribution in [3.63, 3.8) is 0 Å². The molecule has 1 aromatic rings. The highest BCUT2D eigenvalue weighted by atomic mass is 19.1. The molecule has 1 aromatic carbocycles. The number of carbonyl (C=O) groups is 1. The second-order valence-electron chi connectivity index (χ2n) is 4.88. The minimum absolute atomic E-state index is 0.0483. The molecule has 0 amide bonds. The lowest BCUT2D eigenvalue weighted by Gasteiger charge is -2.16. The maximum atomic E-state index is 13.5. The van der Waals surface area contributed by atoms with E-state index in [0.717, 1.165) is 6.07 Å². The van der Waals surface area contributed by atoms with E-state index in [0.29, 0.717) is 0 Å². The van der Waals surface area contributed by atoms with Gasteiger partial charge in [0.25, 0.3) is 5.69 Å². The van der Waals surface area contributed by atoms with Crippen molar-refractivity contribution in [2.45, 2.75) is 27.2 Å². The van der Waals surface area contributed by atoms with Crippen molar-refractivity contribution in [2.24, 2.45) is 5.41 Å². The van der Waals surface area contributed by atoms with Crippen LogP contribution in [0.25, 0.3) is 0 Å². The molecular weight excluding hydrogens is 225 g/mol. The number of benzene rings is 1. The van der Waals surface area contributed by atoms with Gasteiger partial charge in [-0.1, -0.05) is 20.8 Å². The molecule has 92 valence electrons. The first-order valence-electron chi connectivity index (χ1n) is 5.18. The van der Waals surface area contributed by atoms with Crippen LogP contribution >= 0.6 is 0 Å². The Morgan fingerprint density at radius 1 is 1.41 bits per heavy atom. The lowest BCUT2D eigenvalue weighted by Crippen LogP contribution is -2.22. The number of halogens is 1. The number of nitro benzene ring substituents is 1. The first-order valence-corrected chi connectivity index (χ1v) is 5.18. The fourth-order valence-electron chi connectivity index (χ4n) is 1.23. The predicted octanol–water partition coefficient (Wildman–Crippen LogP) is 2.89. The summed E-state index contributed by atoms with van der Waals surface area (Å²) in [6.07, 6.45) is -0.0483. The average molecular weight is 239 g/mol. The van der Waals surface area contributed by atoms with Crippen molar-refractivity contribution < 1.29 is 14.1 Å². The summed E-state index contributed by atoms with van der Waals surface area (Å²) in [6.45, 7) is 5.25. The molecule has 0 unspecified atom stereocenters. The smallest absolute Gasteiger partial charge is 0.272 e. The Hall–Kier alpha value is -1.78. The normalized spacial score (nSPS) is 11.3. The van der Waals surface area contributed by atoms with Crippen LogP contribution < -0.4 is 0 Å². The van der Waals surface area contributed by atoms with Crippen molar-refractivity contribution in [3.05, 3.63) is 39.7 Å². The van der Waals surface area contributed by atoms with E-state index < -0.39 is 16.2 Å². The SMILES string of the molecule is CC(C)(C)C(=O)Cc1ccc([N+](=O)[O-])cc1F. The van der Waals surface area contributed by atoms with E-state index in [2.05, 4.69) is 0 Å². The number of non-ortho nitro benzene ring substituents is 1. The number of ketones is 1. The summed E-state index contributed by atoms with van der Waals surface area (Å²) < 4.78 is 13.5. The molecule has 0 bridgehead atoms. The number of rotatable bonds is 3. The fraction of sp³-hybridized carbons (Fsp3) is 0.417. The van der Waals surface area contributed by atoms with Crippen molar-refractivity contribution in [1.82, 2.24) is 0 Å². The third kappa shape index (κ3) is 3.34. The molecule has 0 N–H and O–H groups in total. The summed E-state index contributed by atoms with van der Waals surface area (Å²) in [6, 6.07) is 3.33. The fourth-order valence-corrected chi connectivity index (χ4v) is 1.23. The molecule has 0 aromatic heterocycles. The Morgan fingerprint density at radius 3 is 2.41 bits per heavy atom. The van der Waals surface area contributed by atoms with E-state index in [1.807, 2.05) is 0 Å². The first-order chi connectivity index (χ1) is 7.71. The molecule has 4 nitrogen and oxygen atoms in total. The van der Waals surface area contributed by atoms with Gasteiger partial charge in [-0.3, -0.25) is 14.9 Å². The number of hydrogen-bond acceptors (Lipinski definition) is 3. The van der Waals surface area contributed by atoms with E-state index in [9.17, 15) is 19.3 Å². The topological polar surface area (TPSA) is 60.2 Å². The standard InChI is InChI=1S/C12H14FNO3/c1-12(2,3)11(15)6-8-4-5-9(14(16)17)7-10(8)13/h4-5,7H,6H2,1-3H3. The van der Waals surface area contributed by atoms with Gasteiger partial charge in [0.2, 0.25) is 0 Å². The summed E-state index contributed by atoms with van der Waals surface area (Å²) in [5, 5.41) is 10.4. The minimum Gasteiger partial charge on any atom is -0.299 e. The molecule has 0 radical (unpaired) electrons. The second-order valence-corrected chi connectivity index (χ2v) is 4.88. The molecular formula is C12H14FNO3. The molecule has 5 heteroatoms. The first kappa shape index (κ1) is 13.3. The van der Waals surface area contributed by atoms with Gasteiger partial charge < -0.3 is 0 Å². The Bertz CT molecular complexity index is 463. The number of hydrogen-bond donors (Lipinski definition) is 0. The van der Waals surface area contributed by atoms with E-state index in [-0.39, 0.29) is 23.5 Å². The number of Topliss-reactive ketones (excluding diaryl/α,β-unsaturated/α-hetero) is 1. The molecule has 0 atom stereocenters. The van der Waals surface area contributed by atoms with Crippen LogP contribution in [0.3, 0.4) is 0 Å². The van der Waals surface area contributed by atoms with E-state index >= 15 is 0 Å². The molecule has 0 heterocycles. The Kier molecular flexibility index (Phi) is 3.60. The van der Waals surface area contributed by atoms with Gasteiger partial charge in [0.1, 0.15) is 11.6 Å². The summed E-state index contributed by atoms with van der Waals surface area (Å²) in [5.41, 5.74) is -0.668. The minimum atomic E-state index is -0.711. The number of nitro groups is 1. The van der Waals surface area contributed by atoms with Crippen molar-refractivity contribution >= 4 is 11.5 Å². The largest absolute Gasteiger partial charge is 0.299 e. The summed E-state index contributed by atoms with van der Waals surface area (Å²) in [4.78, 5) is 21.5. The lowest BCUT2D eigenvalue weighted by atomic mass is 9.87. The average Bonchev–Trinajstić information content (AvgIpc) is 2.19. The highest BCUT2D eigenvalue weighted by Gasteiger charge is 2.23. The molecule has 0 aliphatic carbocycles. The summed E-state index contributed by atoms with van der Waals surface area (Å²) >= 11 is 0. The molecule has 0 saturated heterocycles. The third-order valence-electron chi connectivity index (χ3n) is 2.43. The number of carbonyl (C=O) groups excluding carboxylic acids is 1. The van der Waals surface area contributed by atoms with Gasteiger partial charge in [-0.15, -0.1) is 0 Å². The highest BCUT2D eigenvalue weighted by molar-refractivity contribution is 5.85. The van der Waals surface area contributed by atoms with Gasteiger partial charge in [-0.05, 0) is 11.6 Å². The molecule has 0 fully saturated rings. The molecule has 0 spiro atoms. The third-order valence-corrected chi connectivity index (χ3v) is 2.43. The summed E-state index contributed by atoms with van der Waals surface area (Å²) in [7, 11) is 0. The van der Waals surface area contributed by atoms with Gasteiger partial charge >= 0.3 is 0 Å². The quantitative estimate of drug-likeness (QED) is 0.601. The van der Waals surface area contributed by atoms with Crippen LogP contribution in [0.5, 0.6) is 0 Å². The zero-order chi connectivity index (χ0) is 13.2. The van der Waals surface area contributed by atoms with E-state index in [4.69, 9.17) is 0 Å². The Balaban J connectivity index is 2.95. The second kappa shape index (κ2) is 4.61. The zero-order valence-corrected chi connectivity index (χ0v) is 9.99. The van der Waals surface area contributed by atoms with Crippen LogP contribution in [-0.4, -0.2) is 10.7 Å². The maximum Gasteiger partial charge on any atom is 0.272 e. The molecule has 0 aliphatic rings. The molecule has 0 aliphatic heterocycles. The van der Waals surface area contributed by atoms with Crippen molar-refractivity contribution in [3.8, 4) is 0 Å². The van der Waals surface area contributed by atoms with Crippen LogP contribution in [0.15, 0.2) is 18.2 Å². The molecule has 0 saturated carbocycles. The molecule has 17 heavy (non-hydrogen) atoms. The van der Waals surface area contributed by atoms with Crippen molar-refractivity contribution in [2.75, 3.05) is 0 Å². The molecule has 1 rings (SSSR count). The monoisotopic (exact) mass is 239 g/mol. The summed E-state index contributed by atoms with van der Waals surface area (Å²) in [5.74, 6) is -0.818. The van der Waals surface area contributed by atoms with Gasteiger partial charge in [0.15, 0.2) is 0 Å². The van der Waals surface area contributed by atoms with Crippen LogP contribution in [0.2, 0.25) is 0 Å². The Morgan fingerprint density at radius 2 is 2.00 bits per heavy atom.